The van der Waals surface area contributed by atoms with Gasteiger partial charge in [0.25, 0.3) is 23.6 Å². The zero-order valence-corrected chi connectivity index (χ0v) is 87.7. The number of carbonyl (C=O) groups excluding carboxylic acids is 6. The highest BCUT2D eigenvalue weighted by Crippen LogP contribution is 2.48. The SMILES string of the molecule is CC(=O)c1sc2nc(N)nc(-c3ccc(Cl)c(Cl)c3)c2c1N.CC(=O)c1sc2nc(NC3CC3)nc(-c3ccc(Cl)c(Cl)c3)c2c1N.CNC(=O)c1cc2c(-c3ccc(Cl)c(Cl)c3)nc(NC)nc2s1.CNC(=O)c1cc2c(-c3ccc(Cl)c(Cl)c3)nc(NC3CC3)nc2s1.CNC(=O)c1cc2c(-c3ccc4c(c3)OCO4)nc(NC)nc2s1.CNC(=O)c1sc2nc(NC)cc(-c3ccc(F)c(C)c3)c2c1N. The lowest BCUT2D eigenvalue weighted by atomic mass is 10.0. The van der Waals surface area contributed by atoms with E-state index in [0.29, 0.717) is 199 Å². The van der Waals surface area contributed by atoms with E-state index in [1.54, 1.807) is 129 Å². The van der Waals surface area contributed by atoms with Crippen LogP contribution in [0.3, 0.4) is 0 Å². The van der Waals surface area contributed by atoms with E-state index in [1.807, 2.05) is 54.6 Å². The van der Waals surface area contributed by atoms with Gasteiger partial charge in [0.15, 0.2) is 23.1 Å². The highest BCUT2D eigenvalue weighted by molar-refractivity contribution is 7.23. The minimum atomic E-state index is -0.262. The summed E-state index contributed by atoms with van der Waals surface area (Å²) in [7, 11) is 11.6. The van der Waals surface area contributed by atoms with E-state index in [9.17, 15) is 33.2 Å². The second kappa shape index (κ2) is 44.0. The maximum Gasteiger partial charge on any atom is 0.263 e. The Morgan fingerprint density at radius 3 is 1.11 bits per heavy atom. The predicted octanol–water partition coefficient (Wildman–Crippen LogP) is 23.6. The second-order valence-corrected chi connectivity index (χ2v) is 41.0. The number of nitrogens with zero attached hydrogens (tertiary/aromatic N) is 11. The molecule has 6 aromatic carbocycles. The number of benzene rings is 6. The van der Waals surface area contributed by atoms with E-state index >= 15 is 0 Å². The van der Waals surface area contributed by atoms with Crippen LogP contribution in [0, 0.1) is 12.7 Å². The number of carbonyl (C=O) groups is 6. The van der Waals surface area contributed by atoms with Gasteiger partial charge in [0.2, 0.25) is 36.5 Å². The van der Waals surface area contributed by atoms with Crippen molar-refractivity contribution in [2.24, 2.45) is 0 Å². The van der Waals surface area contributed by atoms with Crippen LogP contribution in [-0.2, 0) is 0 Å². The number of ketones is 2. The first kappa shape index (κ1) is 103. The Balaban J connectivity index is 0.000000123. The number of hydrogen-bond acceptors (Lipinski definition) is 34. The number of fused-ring (bicyclic) bond motifs is 7. The molecule has 0 saturated heterocycles. The van der Waals surface area contributed by atoms with Crippen LogP contribution in [0.1, 0.15) is 103 Å². The van der Waals surface area contributed by atoms with Gasteiger partial charge in [0, 0.05) is 125 Å². The molecule has 0 radical (unpaired) electrons. The molecule has 2 fully saturated rings. The number of halogens is 9. The molecule has 17 N–H and O–H groups in total. The molecule has 4 amide bonds. The number of nitrogen functional groups attached to an aromatic ring is 4. The van der Waals surface area contributed by atoms with Crippen LogP contribution < -0.4 is 80.3 Å². The van der Waals surface area contributed by atoms with Gasteiger partial charge in [-0.2, -0.15) is 0 Å². The molecule has 0 spiro atoms. The largest absolute Gasteiger partial charge is 0.454 e. The summed E-state index contributed by atoms with van der Waals surface area (Å²) in [5.74, 6) is 3.09. The summed E-state index contributed by atoms with van der Waals surface area (Å²) >= 11 is 56.2. The third-order valence-corrected chi connectivity index (χ3v) is 31.4. The molecule has 13 heterocycles. The summed E-state index contributed by atoms with van der Waals surface area (Å²) in [6, 6.07) is 39.8. The number of amides is 4. The Bertz CT molecular complexity index is 8160. The average Bonchev–Trinajstić information content (AvgIpc) is 1.61. The molecule has 1 aliphatic heterocycles. The molecular formula is C96H81Cl8FN24O8S6. The molecule has 2 aliphatic carbocycles. The summed E-state index contributed by atoms with van der Waals surface area (Å²) in [6.45, 7) is 4.88. The lowest BCUT2D eigenvalue weighted by Gasteiger charge is -2.09. The molecule has 3 aliphatic rings. The van der Waals surface area contributed by atoms with Crippen LogP contribution in [0.2, 0.25) is 40.2 Å². The molecule has 732 valence electrons. The summed E-state index contributed by atoms with van der Waals surface area (Å²) in [5, 5.41) is 34.1. The van der Waals surface area contributed by atoms with Crippen molar-refractivity contribution in [3.63, 3.8) is 0 Å². The number of ether oxygens (including phenoxy) is 2. The van der Waals surface area contributed by atoms with Crippen LogP contribution in [0.15, 0.2) is 133 Å². The zero-order valence-electron chi connectivity index (χ0n) is 76.7. The highest BCUT2D eigenvalue weighted by Gasteiger charge is 2.31. The fraction of sp³-hybridized carbons (Fsp3) is 0.177. The molecule has 18 aromatic rings. The van der Waals surface area contributed by atoms with Gasteiger partial charge >= 0.3 is 0 Å². The summed E-state index contributed by atoms with van der Waals surface area (Å²) in [4.78, 5) is 128. The Labute approximate surface area is 878 Å². The van der Waals surface area contributed by atoms with Crippen molar-refractivity contribution in [2.45, 2.75) is 58.5 Å². The maximum absolute atomic E-state index is 13.6. The Morgan fingerprint density at radius 2 is 0.706 bits per heavy atom. The van der Waals surface area contributed by atoms with E-state index in [4.69, 9.17) is 125 Å². The zero-order chi connectivity index (χ0) is 102. The topological polar surface area (TPSA) is 475 Å². The quantitative estimate of drug-likeness (QED) is 0.0334. The van der Waals surface area contributed by atoms with Gasteiger partial charge in [0.05, 0.1) is 121 Å². The molecular weight excluding hydrogens is 2110 g/mol. The number of Topliss-reactive ketones (excluding diaryl/α,β-unsaturated/α-hetero) is 2. The Morgan fingerprint density at radius 1 is 0.350 bits per heavy atom. The lowest BCUT2D eigenvalue weighted by molar-refractivity contribution is 0.0959. The van der Waals surface area contributed by atoms with Gasteiger partial charge in [-0.05, 0) is 152 Å². The number of aryl methyl sites for hydroxylation is 1. The van der Waals surface area contributed by atoms with Gasteiger partial charge in [-0.15, -0.1) is 68.0 Å². The minimum Gasteiger partial charge on any atom is -0.454 e. The van der Waals surface area contributed by atoms with Crippen LogP contribution in [0.4, 0.5) is 57.0 Å². The average molecular weight is 2190 g/mol. The van der Waals surface area contributed by atoms with Gasteiger partial charge in [-0.25, -0.2) is 59.2 Å². The number of nitrogens with one attached hydrogen (secondary N) is 9. The molecule has 143 heavy (non-hydrogen) atoms. The number of pyridine rings is 1. The second-order valence-electron chi connectivity index (χ2n) is 31.7. The normalized spacial score (nSPS) is 12.2. The Kier molecular flexibility index (Phi) is 31.6. The monoisotopic (exact) mass is 2190 g/mol. The predicted molar refractivity (Wildman–Crippen MR) is 583 cm³/mol. The van der Waals surface area contributed by atoms with E-state index in [2.05, 4.69) is 103 Å². The van der Waals surface area contributed by atoms with Crippen molar-refractivity contribution in [2.75, 3.05) is 106 Å². The highest BCUT2D eigenvalue weighted by atomic mass is 35.5. The van der Waals surface area contributed by atoms with Gasteiger partial charge in [-0.1, -0.05) is 123 Å². The van der Waals surface area contributed by atoms with Crippen molar-refractivity contribution in [3.05, 3.63) is 214 Å². The molecule has 32 nitrogen and oxygen atoms in total. The molecule has 12 aromatic heterocycles. The number of thiophene rings is 6. The van der Waals surface area contributed by atoms with E-state index < -0.39 is 0 Å². The molecule has 21 rings (SSSR count). The maximum atomic E-state index is 13.6. The fourth-order valence-electron chi connectivity index (χ4n) is 14.5. The number of hydrogen-bond donors (Lipinski definition) is 13. The van der Waals surface area contributed by atoms with Crippen molar-refractivity contribution in [1.82, 2.24) is 76.1 Å². The Hall–Kier alpha value is -13.1. The minimum absolute atomic E-state index is 0.0858. The van der Waals surface area contributed by atoms with Crippen molar-refractivity contribution in [3.8, 4) is 78.9 Å². The first-order valence-corrected chi connectivity index (χ1v) is 51.1. The van der Waals surface area contributed by atoms with Gasteiger partial charge in [-0.3, -0.25) is 28.8 Å². The molecule has 2 saturated carbocycles. The first-order chi connectivity index (χ1) is 68.5. The molecule has 0 atom stereocenters. The first-order valence-electron chi connectivity index (χ1n) is 43.1. The standard InChI is InChI=1S/2C17H14Cl2N4OS.C17H17FN4OS.C16H14N4O3S.C15H12Cl2N4OS.C14H10Cl2N4OS/c1-20-15(24)13-7-10-14(8-2-5-11(18)12(19)6-8)22-17(21-9-3-4-9)23-16(10)25-13;1-7(24)15-13(20)12-14(8-2-5-10(18)11(19)6-8)22-17(21-9-3-4-9)23-16(12)25-15;1-8-6-9(4-5-11(8)18)10-7-12(20-2)22-17-13(10)14(19)15(24-17)16(23)21-3;1-17-14(21)12-6-9-13(19-16(18-2)20-15(9)24-12)8-3-4-10-11(5-8)23-7-22-10;1-18-13(22)11-6-8-12(7-3-4-9(16)10(17)5-7)20-15(19-2)21-14(8)23-11;1-5(21)12-10(17)9-11(19-14(18)20-13(9)22-12)6-2-3-7(15)8(16)4-6/h2,5-7,9H,3-4H2,1H3,(H,20,24)(H,21,22,23);2,5-6,9H,3-4,20H2,1H3,(H,21,22,23);4-7H,19H2,1-3H3,(H,20,22)(H,21,23);3-6H,7H2,1-2H3,(H,17,21)(H,18,19,20);3-6H,1-2H3,(H,18,22)(H,19,20,21);2-4H,17H2,1H3,(H2,18,19,20). The van der Waals surface area contributed by atoms with Crippen LogP contribution >= 0.6 is 161 Å². The number of aromatic nitrogens is 11. The van der Waals surface area contributed by atoms with Crippen LogP contribution in [0.5, 0.6) is 11.5 Å². The van der Waals surface area contributed by atoms with Crippen molar-refractivity contribution in [1.29, 1.82) is 0 Å². The molecule has 47 heteroatoms. The van der Waals surface area contributed by atoms with E-state index in [-0.39, 0.29) is 53.8 Å². The van der Waals surface area contributed by atoms with E-state index in [1.165, 1.54) is 87.9 Å². The third kappa shape index (κ3) is 22.6. The smallest absolute Gasteiger partial charge is 0.263 e. The van der Waals surface area contributed by atoms with Crippen molar-refractivity contribution < 1.29 is 42.6 Å². The summed E-state index contributed by atoms with van der Waals surface area (Å²) in [6.07, 6.45) is 4.46. The third-order valence-electron chi connectivity index (χ3n) is 21.9. The van der Waals surface area contributed by atoms with Crippen molar-refractivity contribution >= 4 is 310 Å². The van der Waals surface area contributed by atoms with E-state index in [0.717, 1.165) is 101 Å². The van der Waals surface area contributed by atoms with Crippen LogP contribution in [0.25, 0.3) is 129 Å². The van der Waals surface area contributed by atoms with Gasteiger partial charge < -0.3 is 80.3 Å². The number of anilines is 9. The molecule has 0 bridgehead atoms. The van der Waals surface area contributed by atoms with Gasteiger partial charge in [0.1, 0.15) is 45.5 Å². The fourth-order valence-corrected chi connectivity index (χ4v) is 21.7. The number of nitrogens with two attached hydrogens (primary N) is 4. The summed E-state index contributed by atoms with van der Waals surface area (Å²) < 4.78 is 24.4. The molecule has 0 unspecified atom stereocenters. The van der Waals surface area contributed by atoms with Crippen LogP contribution in [-0.4, -0.2) is 158 Å². The number of rotatable bonds is 19. The summed E-state index contributed by atoms with van der Waals surface area (Å²) in [5.41, 5.74) is 35.0. The lowest BCUT2D eigenvalue weighted by Crippen LogP contribution is -2.17.